The molecule has 3 nitrogen and oxygen atoms in total. The van der Waals surface area contributed by atoms with Crippen LogP contribution in [-0.4, -0.2) is 19.8 Å². The lowest BCUT2D eigenvalue weighted by atomic mass is 10.3. The van der Waals surface area contributed by atoms with Crippen molar-refractivity contribution >= 4 is 10.1 Å². The van der Waals surface area contributed by atoms with Crippen molar-refractivity contribution in [2.45, 2.75) is 25.5 Å². The van der Waals surface area contributed by atoms with E-state index in [4.69, 9.17) is 6.42 Å². The van der Waals surface area contributed by atoms with Gasteiger partial charge in [-0.2, -0.15) is 8.42 Å². The van der Waals surface area contributed by atoms with Gasteiger partial charge in [-0.25, -0.2) is 0 Å². The summed E-state index contributed by atoms with van der Waals surface area (Å²) < 4.78 is 26.2. The summed E-state index contributed by atoms with van der Waals surface area (Å²) in [5.74, 6) is 6.69. The predicted octanol–water partition coefficient (Wildman–Crippen LogP) is 0.768. The summed E-state index contributed by atoms with van der Waals surface area (Å²) in [6.07, 6.45) is 4.84. The second kappa shape index (κ2) is 4.32. The third-order valence-electron chi connectivity index (χ3n) is 1.20. The number of rotatable bonds is 2. The van der Waals surface area contributed by atoms with Crippen LogP contribution in [0, 0.1) is 24.2 Å². The second-order valence-corrected chi connectivity index (χ2v) is 5.64. The molecule has 0 rings (SSSR count). The lowest BCUT2D eigenvalue weighted by Gasteiger charge is -2.17. The molecule has 0 radical (unpaired) electrons. The van der Waals surface area contributed by atoms with Gasteiger partial charge < -0.3 is 0 Å². The zero-order valence-electron chi connectivity index (χ0n) is 7.92. The van der Waals surface area contributed by atoms with Crippen molar-refractivity contribution in [2.75, 3.05) is 6.61 Å². The van der Waals surface area contributed by atoms with Crippen LogP contribution < -0.4 is 0 Å². The Morgan fingerprint density at radius 1 is 1.38 bits per heavy atom. The maximum Gasteiger partial charge on any atom is 0.273 e. The second-order valence-electron chi connectivity index (χ2n) is 3.27. The average molecular weight is 200 g/mol. The van der Waals surface area contributed by atoms with Crippen LogP contribution >= 0.6 is 0 Å². The molecule has 0 amide bonds. The number of hydrogen-bond donors (Lipinski definition) is 0. The zero-order valence-corrected chi connectivity index (χ0v) is 8.73. The van der Waals surface area contributed by atoms with E-state index < -0.39 is 14.9 Å². The molecule has 0 saturated carbocycles. The monoisotopic (exact) mass is 200 g/mol. The molecule has 0 atom stereocenters. The Kier molecular flexibility index (Phi) is 4.00. The standard InChI is InChI=1S/C9H12O3S/c1-5-6-7-8-12-13(10,11)9(2,3)4/h1H,8H2,2-4H3. The minimum Gasteiger partial charge on any atom is -0.257 e. The van der Waals surface area contributed by atoms with E-state index in [-0.39, 0.29) is 6.61 Å². The first kappa shape index (κ1) is 12.0. The lowest BCUT2D eigenvalue weighted by molar-refractivity contribution is 0.345. The lowest BCUT2D eigenvalue weighted by Crippen LogP contribution is -2.29. The maximum atomic E-state index is 11.3. The van der Waals surface area contributed by atoms with E-state index in [2.05, 4.69) is 21.9 Å². The highest BCUT2D eigenvalue weighted by atomic mass is 32.2. The maximum absolute atomic E-state index is 11.3. The van der Waals surface area contributed by atoms with E-state index in [0.717, 1.165) is 0 Å². The van der Waals surface area contributed by atoms with E-state index in [0.29, 0.717) is 0 Å². The van der Waals surface area contributed by atoms with E-state index in [9.17, 15) is 8.42 Å². The van der Waals surface area contributed by atoms with Crippen LogP contribution in [0.4, 0.5) is 0 Å². The van der Waals surface area contributed by atoms with Crippen molar-refractivity contribution in [1.29, 1.82) is 0 Å². The summed E-state index contributed by atoms with van der Waals surface area (Å²) in [5.41, 5.74) is 0. The van der Waals surface area contributed by atoms with E-state index in [1.165, 1.54) is 0 Å². The molecule has 0 heterocycles. The van der Waals surface area contributed by atoms with Crippen LogP contribution in [0.3, 0.4) is 0 Å². The zero-order chi connectivity index (χ0) is 10.5. The normalized spacial score (nSPS) is 11.2. The molecule has 0 aliphatic heterocycles. The highest BCUT2D eigenvalue weighted by Crippen LogP contribution is 2.16. The third-order valence-corrected chi connectivity index (χ3v) is 3.12. The van der Waals surface area contributed by atoms with Gasteiger partial charge in [0, 0.05) is 0 Å². The van der Waals surface area contributed by atoms with Crippen molar-refractivity contribution in [2.24, 2.45) is 0 Å². The van der Waals surface area contributed by atoms with Crippen LogP contribution in [0.5, 0.6) is 0 Å². The van der Waals surface area contributed by atoms with Crippen LogP contribution in [0.1, 0.15) is 20.8 Å². The van der Waals surface area contributed by atoms with Gasteiger partial charge in [0.25, 0.3) is 10.1 Å². The molecule has 72 valence electrons. The van der Waals surface area contributed by atoms with Gasteiger partial charge in [-0.3, -0.25) is 4.18 Å². The largest absolute Gasteiger partial charge is 0.273 e. The summed E-state index contributed by atoms with van der Waals surface area (Å²) in [4.78, 5) is 0. The Balaban J connectivity index is 4.33. The summed E-state index contributed by atoms with van der Waals surface area (Å²) in [6, 6.07) is 0. The molecule has 0 aliphatic rings. The summed E-state index contributed by atoms with van der Waals surface area (Å²) in [5, 5.41) is 0. The number of hydrogen-bond acceptors (Lipinski definition) is 3. The molecule has 0 aromatic heterocycles. The van der Waals surface area contributed by atoms with E-state index in [1.807, 2.05) is 0 Å². The van der Waals surface area contributed by atoms with E-state index >= 15 is 0 Å². The average Bonchev–Trinajstić information content (AvgIpc) is 1.96. The Labute approximate surface area is 79.6 Å². The molecule has 0 saturated heterocycles. The first-order valence-electron chi connectivity index (χ1n) is 3.64. The van der Waals surface area contributed by atoms with Crippen LogP contribution in [0.15, 0.2) is 0 Å². The van der Waals surface area contributed by atoms with Crippen molar-refractivity contribution < 1.29 is 12.6 Å². The highest BCUT2D eigenvalue weighted by Gasteiger charge is 2.29. The molecule has 13 heavy (non-hydrogen) atoms. The molecular formula is C9H12O3S. The van der Waals surface area contributed by atoms with Crippen molar-refractivity contribution in [3.05, 3.63) is 0 Å². The Morgan fingerprint density at radius 2 is 1.92 bits per heavy atom. The predicted molar refractivity (Wildman–Crippen MR) is 51.2 cm³/mol. The first-order valence-corrected chi connectivity index (χ1v) is 5.04. The third kappa shape index (κ3) is 3.98. The molecule has 0 bridgehead atoms. The van der Waals surface area contributed by atoms with Gasteiger partial charge in [0.15, 0.2) is 0 Å². The fourth-order valence-electron chi connectivity index (χ4n) is 0.371. The summed E-state index contributed by atoms with van der Waals surface area (Å²) in [6.45, 7) is 4.47. The van der Waals surface area contributed by atoms with Gasteiger partial charge in [0.1, 0.15) is 6.61 Å². The summed E-state index contributed by atoms with van der Waals surface area (Å²) in [7, 11) is -3.55. The van der Waals surface area contributed by atoms with Gasteiger partial charge in [0.2, 0.25) is 0 Å². The fourth-order valence-corrected chi connectivity index (χ4v) is 0.939. The van der Waals surface area contributed by atoms with Gasteiger partial charge in [0.05, 0.1) is 4.75 Å². The molecule has 4 heteroatoms. The van der Waals surface area contributed by atoms with Gasteiger partial charge >= 0.3 is 0 Å². The smallest absolute Gasteiger partial charge is 0.257 e. The number of terminal acetylenes is 1. The quantitative estimate of drug-likeness (QED) is 0.488. The minimum absolute atomic E-state index is 0.191. The Hall–Kier alpha value is -0.970. The van der Waals surface area contributed by atoms with Gasteiger partial charge in [-0.05, 0) is 32.6 Å². The van der Waals surface area contributed by atoms with Crippen molar-refractivity contribution in [3.8, 4) is 24.2 Å². The van der Waals surface area contributed by atoms with Gasteiger partial charge in [-0.15, -0.1) is 6.42 Å². The topological polar surface area (TPSA) is 43.4 Å². The fraction of sp³-hybridized carbons (Fsp3) is 0.556. The molecule has 0 aromatic rings. The minimum atomic E-state index is -3.55. The molecule has 0 unspecified atom stereocenters. The van der Waals surface area contributed by atoms with E-state index in [1.54, 1.807) is 20.8 Å². The molecule has 0 aromatic carbocycles. The SMILES string of the molecule is C#CC#CCOS(=O)(=O)C(C)(C)C. The molecule has 0 aliphatic carbocycles. The molecular weight excluding hydrogens is 188 g/mol. The first-order chi connectivity index (χ1) is 5.81. The highest BCUT2D eigenvalue weighted by molar-refractivity contribution is 7.88. The Morgan fingerprint density at radius 3 is 2.31 bits per heavy atom. The Bertz CT molecular complexity index is 354. The molecule has 0 fully saturated rings. The van der Waals surface area contributed by atoms with Crippen LogP contribution in [-0.2, 0) is 14.3 Å². The van der Waals surface area contributed by atoms with Crippen LogP contribution in [0.2, 0.25) is 0 Å². The van der Waals surface area contributed by atoms with Crippen molar-refractivity contribution in [1.82, 2.24) is 0 Å². The van der Waals surface area contributed by atoms with Crippen LogP contribution in [0.25, 0.3) is 0 Å². The summed E-state index contributed by atoms with van der Waals surface area (Å²) >= 11 is 0. The van der Waals surface area contributed by atoms with Gasteiger partial charge in [-0.1, -0.05) is 5.92 Å². The van der Waals surface area contributed by atoms with Crippen molar-refractivity contribution in [3.63, 3.8) is 0 Å². The molecule has 0 N–H and O–H groups in total. The molecule has 0 spiro atoms.